The summed E-state index contributed by atoms with van der Waals surface area (Å²) < 4.78 is 9.12. The maximum atomic E-state index is 12.0. The van der Waals surface area contributed by atoms with Gasteiger partial charge < -0.3 is 14.8 Å². The molecule has 1 aliphatic rings. The Morgan fingerprint density at radius 1 is 1.30 bits per heavy atom. The molecule has 1 N–H and O–H groups in total. The molecule has 1 aromatic carbocycles. The van der Waals surface area contributed by atoms with Crippen LogP contribution in [0.4, 0.5) is 0 Å². The minimum atomic E-state index is -1.11. The molecule has 1 fully saturated rings. The van der Waals surface area contributed by atoms with Gasteiger partial charge in [-0.05, 0) is 31.5 Å². The zero-order valence-corrected chi connectivity index (χ0v) is 14.7. The average Bonchev–Trinajstić information content (AvgIpc) is 3.05. The Morgan fingerprint density at radius 2 is 1.87 bits per heavy atom. The summed E-state index contributed by atoms with van der Waals surface area (Å²) in [5.74, 6) is -0.201. The van der Waals surface area contributed by atoms with E-state index in [0.29, 0.717) is 13.0 Å². The van der Waals surface area contributed by atoms with Crippen LogP contribution in [0, 0.1) is 5.41 Å². The number of alkyl halides is 2. The molecule has 0 bridgehead atoms. The molecule has 1 saturated carbocycles. The van der Waals surface area contributed by atoms with Gasteiger partial charge in [0, 0.05) is 13.0 Å². The van der Waals surface area contributed by atoms with Gasteiger partial charge in [-0.2, -0.15) is 0 Å². The standard InChI is InChI=1S/C16H19Cl2NO4/c1-10(23-14(21)15(2)9-16(15,17)18)13(20)19-8-11-4-6-12(22-3)7-5-11/h4-7,10H,8-9H2,1-3H3,(H,19,20)/t10-,15-/m1/s1. The number of nitrogens with one attached hydrogen (secondary N) is 1. The maximum absolute atomic E-state index is 12.0. The fraction of sp³-hybridized carbons (Fsp3) is 0.500. The van der Waals surface area contributed by atoms with Gasteiger partial charge >= 0.3 is 5.97 Å². The van der Waals surface area contributed by atoms with Crippen molar-refractivity contribution in [2.75, 3.05) is 7.11 Å². The number of halogens is 2. The molecule has 1 aromatic rings. The molecule has 2 atom stereocenters. The fourth-order valence-corrected chi connectivity index (χ4v) is 2.73. The monoisotopic (exact) mass is 359 g/mol. The molecule has 5 nitrogen and oxygen atoms in total. The number of amides is 1. The van der Waals surface area contributed by atoms with Crippen LogP contribution in [0.3, 0.4) is 0 Å². The van der Waals surface area contributed by atoms with Crippen molar-refractivity contribution in [3.05, 3.63) is 29.8 Å². The van der Waals surface area contributed by atoms with Crippen molar-refractivity contribution in [1.82, 2.24) is 5.32 Å². The molecular formula is C16H19Cl2NO4. The highest BCUT2D eigenvalue weighted by Gasteiger charge is 2.69. The second kappa shape index (κ2) is 6.57. The fourth-order valence-electron chi connectivity index (χ4n) is 2.04. The second-order valence-electron chi connectivity index (χ2n) is 5.83. The molecule has 0 unspecified atom stereocenters. The average molecular weight is 360 g/mol. The number of methoxy groups -OCH3 is 1. The van der Waals surface area contributed by atoms with Crippen LogP contribution in [0.2, 0.25) is 0 Å². The molecule has 0 heterocycles. The van der Waals surface area contributed by atoms with E-state index in [-0.39, 0.29) is 5.91 Å². The summed E-state index contributed by atoms with van der Waals surface area (Å²) in [4.78, 5) is 24.0. The Balaban J connectivity index is 1.82. The molecule has 0 aliphatic heterocycles. The highest BCUT2D eigenvalue weighted by atomic mass is 35.5. The van der Waals surface area contributed by atoms with E-state index in [9.17, 15) is 9.59 Å². The summed E-state index contributed by atoms with van der Waals surface area (Å²) in [6, 6.07) is 7.30. The maximum Gasteiger partial charge on any atom is 0.315 e. The first-order valence-corrected chi connectivity index (χ1v) is 7.95. The van der Waals surface area contributed by atoms with Crippen LogP contribution in [-0.4, -0.2) is 29.4 Å². The second-order valence-corrected chi connectivity index (χ2v) is 7.31. The van der Waals surface area contributed by atoms with E-state index in [4.69, 9.17) is 32.7 Å². The van der Waals surface area contributed by atoms with Gasteiger partial charge in [0.15, 0.2) is 6.10 Å². The Hall–Kier alpha value is -1.46. The van der Waals surface area contributed by atoms with Crippen LogP contribution in [0.25, 0.3) is 0 Å². The Bertz CT molecular complexity index is 603. The minimum Gasteiger partial charge on any atom is -0.497 e. The lowest BCUT2D eigenvalue weighted by Crippen LogP contribution is -2.37. The van der Waals surface area contributed by atoms with Crippen molar-refractivity contribution in [3.63, 3.8) is 0 Å². The van der Waals surface area contributed by atoms with Crippen LogP contribution >= 0.6 is 23.2 Å². The zero-order valence-electron chi connectivity index (χ0n) is 13.2. The van der Waals surface area contributed by atoms with Crippen molar-refractivity contribution >= 4 is 35.1 Å². The summed E-state index contributed by atoms with van der Waals surface area (Å²) in [6.07, 6.45) is -0.593. The molecule has 0 spiro atoms. The van der Waals surface area contributed by atoms with Gasteiger partial charge in [-0.15, -0.1) is 23.2 Å². The summed E-state index contributed by atoms with van der Waals surface area (Å²) in [7, 11) is 1.59. The smallest absolute Gasteiger partial charge is 0.315 e. The van der Waals surface area contributed by atoms with Crippen LogP contribution < -0.4 is 10.1 Å². The summed E-state index contributed by atoms with van der Waals surface area (Å²) in [6.45, 7) is 3.46. The van der Waals surface area contributed by atoms with Crippen molar-refractivity contribution in [2.24, 2.45) is 5.41 Å². The number of carbonyl (C=O) groups excluding carboxylic acids is 2. The molecule has 7 heteroatoms. The van der Waals surface area contributed by atoms with Gasteiger partial charge in [-0.1, -0.05) is 12.1 Å². The van der Waals surface area contributed by atoms with Gasteiger partial charge in [0.2, 0.25) is 0 Å². The van der Waals surface area contributed by atoms with Crippen LogP contribution in [0.15, 0.2) is 24.3 Å². The third kappa shape index (κ3) is 3.90. The highest BCUT2D eigenvalue weighted by molar-refractivity contribution is 6.53. The van der Waals surface area contributed by atoms with E-state index in [1.54, 1.807) is 26.2 Å². The Morgan fingerprint density at radius 3 is 2.35 bits per heavy atom. The number of carbonyl (C=O) groups is 2. The third-order valence-electron chi connectivity index (χ3n) is 3.99. The molecule has 23 heavy (non-hydrogen) atoms. The van der Waals surface area contributed by atoms with Gasteiger partial charge in [0.05, 0.1) is 7.11 Å². The number of benzene rings is 1. The Kier molecular flexibility index (Phi) is 5.11. The minimum absolute atomic E-state index is 0.322. The van der Waals surface area contributed by atoms with E-state index < -0.39 is 21.8 Å². The van der Waals surface area contributed by atoms with E-state index in [2.05, 4.69) is 5.32 Å². The number of hydrogen-bond acceptors (Lipinski definition) is 4. The predicted molar refractivity (Wildman–Crippen MR) is 87.6 cm³/mol. The number of esters is 1. The van der Waals surface area contributed by atoms with Crippen LogP contribution in [-0.2, 0) is 20.9 Å². The first kappa shape index (κ1) is 17.9. The van der Waals surface area contributed by atoms with E-state index >= 15 is 0 Å². The lowest BCUT2D eigenvalue weighted by atomic mass is 10.1. The predicted octanol–water partition coefficient (Wildman–Crippen LogP) is 2.83. The van der Waals surface area contributed by atoms with Crippen molar-refractivity contribution in [3.8, 4) is 5.75 Å². The molecule has 0 saturated heterocycles. The number of hydrogen-bond donors (Lipinski definition) is 1. The van der Waals surface area contributed by atoms with Gasteiger partial charge in [0.25, 0.3) is 5.91 Å². The molecule has 1 amide bonds. The first-order valence-electron chi connectivity index (χ1n) is 7.19. The van der Waals surface area contributed by atoms with Gasteiger partial charge in [-0.3, -0.25) is 9.59 Å². The van der Waals surface area contributed by atoms with Crippen molar-refractivity contribution in [1.29, 1.82) is 0 Å². The quantitative estimate of drug-likeness (QED) is 0.626. The van der Waals surface area contributed by atoms with Crippen molar-refractivity contribution < 1.29 is 19.1 Å². The van der Waals surface area contributed by atoms with E-state index in [1.165, 1.54) is 6.92 Å². The lowest BCUT2D eigenvalue weighted by Gasteiger charge is -2.17. The Labute approximate surface area is 145 Å². The summed E-state index contributed by atoms with van der Waals surface area (Å²) in [5.41, 5.74) is -0.0342. The summed E-state index contributed by atoms with van der Waals surface area (Å²) >= 11 is 11.9. The topological polar surface area (TPSA) is 64.6 Å². The lowest BCUT2D eigenvalue weighted by molar-refractivity contribution is -0.159. The number of rotatable bonds is 6. The zero-order chi connectivity index (χ0) is 17.3. The normalized spacial score (nSPS) is 22.8. The van der Waals surface area contributed by atoms with E-state index in [1.807, 2.05) is 12.1 Å². The SMILES string of the molecule is COc1ccc(CNC(=O)[C@@H](C)OC(=O)[C@@]2(C)CC2(Cl)Cl)cc1. The van der Waals surface area contributed by atoms with Gasteiger partial charge in [-0.25, -0.2) is 0 Å². The molecule has 0 aromatic heterocycles. The first-order chi connectivity index (χ1) is 10.7. The molecule has 1 aliphatic carbocycles. The third-order valence-corrected chi connectivity index (χ3v) is 5.09. The van der Waals surface area contributed by atoms with Gasteiger partial charge in [0.1, 0.15) is 15.5 Å². The summed E-state index contributed by atoms with van der Waals surface area (Å²) in [5, 5.41) is 2.71. The van der Waals surface area contributed by atoms with Crippen molar-refractivity contribution in [2.45, 2.75) is 37.3 Å². The molecule has 126 valence electrons. The largest absolute Gasteiger partial charge is 0.497 e. The van der Waals surface area contributed by atoms with E-state index in [0.717, 1.165) is 11.3 Å². The molecular weight excluding hydrogens is 341 g/mol. The van der Waals surface area contributed by atoms with Crippen LogP contribution in [0.1, 0.15) is 25.8 Å². The highest BCUT2D eigenvalue weighted by Crippen LogP contribution is 2.64. The number of ether oxygens (including phenoxy) is 2. The molecule has 0 radical (unpaired) electrons. The van der Waals surface area contributed by atoms with Crippen LogP contribution in [0.5, 0.6) is 5.75 Å². The molecule has 2 rings (SSSR count).